The molecule has 102 valence electrons. The monoisotopic (exact) mass is 254 g/mol. The van der Waals surface area contributed by atoms with E-state index >= 15 is 0 Å². The Morgan fingerprint density at radius 3 is 2.72 bits per heavy atom. The molecule has 0 aromatic rings. The Labute approximate surface area is 108 Å². The van der Waals surface area contributed by atoms with Crippen LogP contribution in [0.2, 0.25) is 0 Å². The lowest BCUT2D eigenvalue weighted by Gasteiger charge is -2.40. The van der Waals surface area contributed by atoms with Crippen LogP contribution in [0, 0.1) is 5.92 Å². The van der Waals surface area contributed by atoms with E-state index in [1.165, 1.54) is 4.90 Å². The molecule has 5 heteroatoms. The lowest BCUT2D eigenvalue weighted by atomic mass is 9.92. The SMILES string of the molecule is C=CCN(CC(=O)O)C(=O)N1CCCC(C)C1C. The van der Waals surface area contributed by atoms with Gasteiger partial charge in [-0.25, -0.2) is 4.79 Å². The minimum absolute atomic E-state index is 0.160. The van der Waals surface area contributed by atoms with Gasteiger partial charge in [0.1, 0.15) is 6.54 Å². The van der Waals surface area contributed by atoms with Crippen molar-refractivity contribution in [2.45, 2.75) is 32.7 Å². The van der Waals surface area contributed by atoms with Crippen LogP contribution in [-0.2, 0) is 4.79 Å². The molecule has 2 atom stereocenters. The van der Waals surface area contributed by atoms with Crippen LogP contribution in [0.3, 0.4) is 0 Å². The number of nitrogens with zero attached hydrogens (tertiary/aromatic N) is 2. The van der Waals surface area contributed by atoms with Crippen LogP contribution < -0.4 is 0 Å². The largest absolute Gasteiger partial charge is 0.480 e. The molecule has 0 radical (unpaired) electrons. The molecule has 1 rings (SSSR count). The molecule has 0 aliphatic carbocycles. The van der Waals surface area contributed by atoms with Crippen LogP contribution in [-0.4, -0.2) is 52.6 Å². The zero-order valence-corrected chi connectivity index (χ0v) is 11.1. The Hall–Kier alpha value is -1.52. The molecule has 1 fully saturated rings. The molecule has 0 aromatic heterocycles. The molecule has 18 heavy (non-hydrogen) atoms. The van der Waals surface area contributed by atoms with Crippen molar-refractivity contribution in [3.63, 3.8) is 0 Å². The molecule has 1 N–H and O–H groups in total. The van der Waals surface area contributed by atoms with E-state index in [4.69, 9.17) is 5.11 Å². The van der Waals surface area contributed by atoms with E-state index in [2.05, 4.69) is 13.5 Å². The van der Waals surface area contributed by atoms with Crippen molar-refractivity contribution in [3.8, 4) is 0 Å². The van der Waals surface area contributed by atoms with Crippen molar-refractivity contribution < 1.29 is 14.7 Å². The van der Waals surface area contributed by atoms with Gasteiger partial charge in [-0.15, -0.1) is 6.58 Å². The van der Waals surface area contributed by atoms with E-state index in [0.29, 0.717) is 12.5 Å². The van der Waals surface area contributed by atoms with Gasteiger partial charge in [-0.1, -0.05) is 13.0 Å². The van der Waals surface area contributed by atoms with Gasteiger partial charge in [-0.05, 0) is 25.7 Å². The summed E-state index contributed by atoms with van der Waals surface area (Å²) in [6.45, 7) is 8.41. The van der Waals surface area contributed by atoms with Crippen LogP contribution in [0.4, 0.5) is 4.79 Å². The van der Waals surface area contributed by atoms with Crippen LogP contribution in [0.25, 0.3) is 0 Å². The Bertz CT molecular complexity index is 330. The highest BCUT2D eigenvalue weighted by Crippen LogP contribution is 2.23. The fraction of sp³-hybridized carbons (Fsp3) is 0.692. The Kier molecular flexibility index (Phi) is 5.19. The molecule has 1 saturated heterocycles. The third kappa shape index (κ3) is 3.48. The minimum Gasteiger partial charge on any atom is -0.480 e. The first-order valence-electron chi connectivity index (χ1n) is 6.35. The molecule has 1 aliphatic rings. The van der Waals surface area contributed by atoms with E-state index in [9.17, 15) is 9.59 Å². The highest BCUT2D eigenvalue weighted by Gasteiger charge is 2.31. The summed E-state index contributed by atoms with van der Waals surface area (Å²) in [6.07, 6.45) is 3.65. The number of aliphatic carboxylic acids is 1. The molecule has 0 saturated carbocycles. The fourth-order valence-corrected chi connectivity index (χ4v) is 2.32. The second-order valence-corrected chi connectivity index (χ2v) is 4.90. The van der Waals surface area contributed by atoms with Gasteiger partial charge in [0, 0.05) is 19.1 Å². The summed E-state index contributed by atoms with van der Waals surface area (Å²) in [5.41, 5.74) is 0. The van der Waals surface area contributed by atoms with Crippen LogP contribution in [0.1, 0.15) is 26.7 Å². The first-order chi connectivity index (χ1) is 8.47. The average molecular weight is 254 g/mol. The molecule has 1 heterocycles. The first-order valence-corrected chi connectivity index (χ1v) is 6.35. The molecule has 0 spiro atoms. The number of rotatable bonds is 4. The molecule has 2 amide bonds. The number of piperidine rings is 1. The smallest absolute Gasteiger partial charge is 0.323 e. The summed E-state index contributed by atoms with van der Waals surface area (Å²) < 4.78 is 0. The summed E-state index contributed by atoms with van der Waals surface area (Å²) in [5, 5.41) is 8.83. The van der Waals surface area contributed by atoms with E-state index in [1.54, 1.807) is 11.0 Å². The average Bonchev–Trinajstić information content (AvgIpc) is 2.31. The maximum Gasteiger partial charge on any atom is 0.323 e. The van der Waals surface area contributed by atoms with Gasteiger partial charge < -0.3 is 14.9 Å². The lowest BCUT2D eigenvalue weighted by Crippen LogP contribution is -2.52. The molecule has 1 aliphatic heterocycles. The highest BCUT2D eigenvalue weighted by atomic mass is 16.4. The topological polar surface area (TPSA) is 60.9 Å². The Morgan fingerprint density at radius 1 is 1.50 bits per heavy atom. The Morgan fingerprint density at radius 2 is 2.17 bits per heavy atom. The zero-order chi connectivity index (χ0) is 13.7. The van der Waals surface area contributed by atoms with Crippen LogP contribution in [0.5, 0.6) is 0 Å². The van der Waals surface area contributed by atoms with Crippen molar-refractivity contribution >= 4 is 12.0 Å². The second kappa shape index (κ2) is 6.42. The third-order valence-corrected chi connectivity index (χ3v) is 3.57. The van der Waals surface area contributed by atoms with Crippen molar-refractivity contribution in [3.05, 3.63) is 12.7 Å². The third-order valence-electron chi connectivity index (χ3n) is 3.57. The van der Waals surface area contributed by atoms with Gasteiger partial charge in [0.15, 0.2) is 0 Å². The van der Waals surface area contributed by atoms with Gasteiger partial charge in [0.05, 0.1) is 0 Å². The van der Waals surface area contributed by atoms with Crippen molar-refractivity contribution in [1.82, 2.24) is 9.80 Å². The van der Waals surface area contributed by atoms with Gasteiger partial charge >= 0.3 is 12.0 Å². The van der Waals surface area contributed by atoms with Crippen molar-refractivity contribution in [1.29, 1.82) is 0 Å². The van der Waals surface area contributed by atoms with E-state index < -0.39 is 5.97 Å². The number of carboxylic acid groups (broad SMARTS) is 1. The van der Waals surface area contributed by atoms with E-state index in [0.717, 1.165) is 12.8 Å². The van der Waals surface area contributed by atoms with E-state index in [1.807, 2.05) is 6.92 Å². The summed E-state index contributed by atoms with van der Waals surface area (Å²) in [4.78, 5) is 26.2. The van der Waals surface area contributed by atoms with E-state index in [-0.39, 0.29) is 25.2 Å². The number of carboxylic acids is 1. The summed E-state index contributed by atoms with van der Waals surface area (Å²) >= 11 is 0. The summed E-state index contributed by atoms with van der Waals surface area (Å²) in [7, 11) is 0. The number of carbonyl (C=O) groups is 2. The second-order valence-electron chi connectivity index (χ2n) is 4.90. The quantitative estimate of drug-likeness (QED) is 0.778. The van der Waals surface area contributed by atoms with Gasteiger partial charge in [-0.2, -0.15) is 0 Å². The van der Waals surface area contributed by atoms with Crippen molar-refractivity contribution in [2.75, 3.05) is 19.6 Å². The van der Waals surface area contributed by atoms with Gasteiger partial charge in [0.25, 0.3) is 0 Å². The van der Waals surface area contributed by atoms with Crippen molar-refractivity contribution in [2.24, 2.45) is 5.92 Å². The number of urea groups is 1. The van der Waals surface area contributed by atoms with Gasteiger partial charge in [-0.3, -0.25) is 4.79 Å². The minimum atomic E-state index is -0.997. The Balaban J connectivity index is 2.74. The standard InChI is InChI=1S/C13H22N2O3/c1-4-7-14(9-12(16)17)13(18)15-8-5-6-10(2)11(15)3/h4,10-11H,1,5-9H2,2-3H3,(H,16,17). The lowest BCUT2D eigenvalue weighted by molar-refractivity contribution is -0.137. The predicted molar refractivity (Wildman–Crippen MR) is 69.4 cm³/mol. The molecule has 5 nitrogen and oxygen atoms in total. The predicted octanol–water partition coefficient (Wildman–Crippen LogP) is 1.80. The van der Waals surface area contributed by atoms with Crippen LogP contribution >= 0.6 is 0 Å². The maximum absolute atomic E-state index is 12.3. The van der Waals surface area contributed by atoms with Crippen LogP contribution in [0.15, 0.2) is 12.7 Å². The molecule has 2 unspecified atom stereocenters. The molecule has 0 aromatic carbocycles. The number of hydrogen-bond acceptors (Lipinski definition) is 2. The molecular formula is C13H22N2O3. The number of carbonyl (C=O) groups excluding carboxylic acids is 1. The fourth-order valence-electron chi connectivity index (χ4n) is 2.32. The number of likely N-dealkylation sites (tertiary alicyclic amines) is 1. The highest BCUT2D eigenvalue weighted by molar-refractivity contribution is 5.80. The summed E-state index contributed by atoms with van der Waals surface area (Å²) in [5.74, 6) is -0.541. The number of hydrogen-bond donors (Lipinski definition) is 1. The first kappa shape index (κ1) is 14.5. The molecular weight excluding hydrogens is 232 g/mol. The maximum atomic E-state index is 12.3. The van der Waals surface area contributed by atoms with Gasteiger partial charge in [0.2, 0.25) is 0 Å². The normalized spacial score (nSPS) is 23.6. The zero-order valence-electron chi connectivity index (χ0n) is 11.1. The molecule has 0 bridgehead atoms. The number of amides is 2. The summed E-state index contributed by atoms with van der Waals surface area (Å²) in [6, 6.07) is -0.0382.